The Kier molecular flexibility index (Phi) is 5.93. The molecule has 0 atom stereocenters. The first-order valence-electron chi connectivity index (χ1n) is 10.3. The molecule has 0 fully saturated rings. The molecule has 160 valence electrons. The van der Waals surface area contributed by atoms with E-state index in [0.29, 0.717) is 18.7 Å². The number of hydrogen-bond donors (Lipinski definition) is 2. The lowest BCUT2D eigenvalue weighted by Gasteiger charge is -2.06. The van der Waals surface area contributed by atoms with Gasteiger partial charge in [0.15, 0.2) is 5.82 Å². The number of methoxy groups -OCH3 is 2. The highest BCUT2D eigenvalue weighted by molar-refractivity contribution is 5.93. The molecular formula is C24H26N4O3. The number of fused-ring (bicyclic) bond motifs is 1. The number of hydrogen-bond acceptors (Lipinski definition) is 4. The normalized spacial score (nSPS) is 10.9. The van der Waals surface area contributed by atoms with E-state index in [0.717, 1.165) is 45.9 Å². The number of nitrogens with one attached hydrogen (secondary N) is 2. The number of benzene rings is 2. The van der Waals surface area contributed by atoms with Crippen molar-refractivity contribution in [3.8, 4) is 22.9 Å². The number of carbonyl (C=O) groups is 1. The van der Waals surface area contributed by atoms with E-state index in [4.69, 9.17) is 9.47 Å². The Morgan fingerprint density at radius 2 is 1.90 bits per heavy atom. The maximum Gasteiger partial charge on any atom is 0.225 e. The number of ether oxygens (including phenoxy) is 2. The van der Waals surface area contributed by atoms with E-state index < -0.39 is 0 Å². The molecule has 2 N–H and O–H groups in total. The number of amides is 1. The van der Waals surface area contributed by atoms with Crippen LogP contribution in [0, 0.1) is 0 Å². The lowest BCUT2D eigenvalue weighted by Crippen LogP contribution is -2.12. The van der Waals surface area contributed by atoms with Crippen molar-refractivity contribution >= 4 is 22.6 Å². The van der Waals surface area contributed by atoms with Crippen molar-refractivity contribution < 1.29 is 14.3 Å². The van der Waals surface area contributed by atoms with Gasteiger partial charge in [0.05, 0.1) is 31.1 Å². The zero-order valence-corrected chi connectivity index (χ0v) is 17.9. The number of anilines is 1. The highest BCUT2D eigenvalue weighted by Gasteiger charge is 2.15. The number of aryl methyl sites for hydroxylation is 2. The number of aromatic amines is 1. The minimum absolute atomic E-state index is 0.0772. The minimum Gasteiger partial charge on any atom is -0.497 e. The number of H-pyrrole nitrogens is 1. The fraction of sp³-hybridized carbons (Fsp3) is 0.250. The standard InChI is InChI=1S/C24H26N4O3/c1-4-28-20-6-5-7-22(31-3)18(20)14-21(28)19-15-23(27-26-19)25-24(29)13-10-16-8-11-17(30-2)12-9-16/h5-9,11-12,14-15H,4,10,13H2,1-3H3,(H2,25,26,27,29). The summed E-state index contributed by atoms with van der Waals surface area (Å²) >= 11 is 0. The predicted molar refractivity (Wildman–Crippen MR) is 122 cm³/mol. The third-order valence-corrected chi connectivity index (χ3v) is 5.36. The summed E-state index contributed by atoms with van der Waals surface area (Å²) in [4.78, 5) is 12.4. The molecule has 0 saturated carbocycles. The van der Waals surface area contributed by atoms with Crippen LogP contribution in [0.1, 0.15) is 18.9 Å². The van der Waals surface area contributed by atoms with Crippen LogP contribution in [0.25, 0.3) is 22.3 Å². The molecule has 7 heteroatoms. The molecule has 0 saturated heterocycles. The van der Waals surface area contributed by atoms with Crippen molar-refractivity contribution in [2.75, 3.05) is 19.5 Å². The first kappa shape index (κ1) is 20.5. The highest BCUT2D eigenvalue weighted by Crippen LogP contribution is 2.33. The van der Waals surface area contributed by atoms with Crippen LogP contribution in [0.15, 0.2) is 54.6 Å². The van der Waals surface area contributed by atoms with Gasteiger partial charge in [-0.2, -0.15) is 5.10 Å². The molecule has 0 aliphatic rings. The molecule has 2 heterocycles. The van der Waals surface area contributed by atoms with Crippen molar-refractivity contribution in [1.29, 1.82) is 0 Å². The maximum absolute atomic E-state index is 12.4. The zero-order valence-electron chi connectivity index (χ0n) is 17.9. The Bertz CT molecular complexity index is 1190. The van der Waals surface area contributed by atoms with Crippen LogP contribution >= 0.6 is 0 Å². The van der Waals surface area contributed by atoms with Crippen molar-refractivity contribution in [2.24, 2.45) is 0 Å². The summed E-state index contributed by atoms with van der Waals surface area (Å²) in [6, 6.07) is 17.7. The van der Waals surface area contributed by atoms with E-state index in [2.05, 4.69) is 39.1 Å². The predicted octanol–water partition coefficient (Wildman–Crippen LogP) is 4.64. The van der Waals surface area contributed by atoms with Crippen LogP contribution in [0.4, 0.5) is 5.82 Å². The third kappa shape index (κ3) is 4.26. The summed E-state index contributed by atoms with van der Waals surface area (Å²) in [6.45, 7) is 2.90. The average Bonchev–Trinajstić information content (AvgIpc) is 3.41. The Hall–Kier alpha value is -3.74. The van der Waals surface area contributed by atoms with Gasteiger partial charge in [0.25, 0.3) is 0 Å². The number of carbonyl (C=O) groups excluding carboxylic acids is 1. The number of aromatic nitrogens is 3. The van der Waals surface area contributed by atoms with Crippen molar-refractivity contribution in [3.05, 3.63) is 60.2 Å². The Morgan fingerprint density at radius 1 is 1.10 bits per heavy atom. The fourth-order valence-electron chi connectivity index (χ4n) is 3.77. The van der Waals surface area contributed by atoms with Crippen LogP contribution < -0.4 is 14.8 Å². The van der Waals surface area contributed by atoms with Crippen molar-refractivity contribution in [2.45, 2.75) is 26.3 Å². The van der Waals surface area contributed by atoms with Gasteiger partial charge in [-0.3, -0.25) is 9.89 Å². The molecule has 1 amide bonds. The van der Waals surface area contributed by atoms with Crippen molar-refractivity contribution in [3.63, 3.8) is 0 Å². The molecule has 0 aliphatic carbocycles. The van der Waals surface area contributed by atoms with Gasteiger partial charge in [-0.15, -0.1) is 0 Å². The molecule has 4 aromatic rings. The fourth-order valence-corrected chi connectivity index (χ4v) is 3.77. The smallest absolute Gasteiger partial charge is 0.225 e. The first-order valence-corrected chi connectivity index (χ1v) is 10.3. The molecule has 2 aromatic heterocycles. The van der Waals surface area contributed by atoms with Gasteiger partial charge in [-0.1, -0.05) is 18.2 Å². The molecule has 0 aliphatic heterocycles. The molecule has 0 bridgehead atoms. The monoisotopic (exact) mass is 418 g/mol. The van der Waals surface area contributed by atoms with Gasteiger partial charge >= 0.3 is 0 Å². The summed E-state index contributed by atoms with van der Waals surface area (Å²) < 4.78 is 12.9. The minimum atomic E-state index is -0.0772. The molecule has 4 rings (SSSR count). The SMILES string of the molecule is CCn1c(-c2cc(NC(=O)CCc3ccc(OC)cc3)n[nH]2)cc2c(OC)cccc21. The topological polar surface area (TPSA) is 81.2 Å². The number of rotatable bonds is 8. The van der Waals surface area contributed by atoms with E-state index in [-0.39, 0.29) is 5.91 Å². The van der Waals surface area contributed by atoms with Gasteiger partial charge in [-0.25, -0.2) is 0 Å². The van der Waals surface area contributed by atoms with Crippen molar-refractivity contribution in [1.82, 2.24) is 14.8 Å². The van der Waals surface area contributed by atoms with Gasteiger partial charge in [-0.05, 0) is 49.2 Å². The second-order valence-corrected chi connectivity index (χ2v) is 7.23. The highest BCUT2D eigenvalue weighted by atomic mass is 16.5. The first-order chi connectivity index (χ1) is 15.1. The van der Waals surface area contributed by atoms with Crippen LogP contribution in [-0.2, 0) is 17.8 Å². The summed E-state index contributed by atoms with van der Waals surface area (Å²) in [7, 11) is 3.31. The Balaban J connectivity index is 1.47. The molecule has 31 heavy (non-hydrogen) atoms. The van der Waals surface area contributed by atoms with Crippen LogP contribution in [0.2, 0.25) is 0 Å². The summed E-state index contributed by atoms with van der Waals surface area (Å²) in [5.74, 6) is 2.07. The van der Waals surface area contributed by atoms with Gasteiger partial charge in [0.2, 0.25) is 5.91 Å². The third-order valence-electron chi connectivity index (χ3n) is 5.36. The van der Waals surface area contributed by atoms with E-state index in [1.54, 1.807) is 14.2 Å². The molecule has 0 spiro atoms. The summed E-state index contributed by atoms with van der Waals surface area (Å²) in [6.07, 6.45) is 1.03. The quantitative estimate of drug-likeness (QED) is 0.437. The Morgan fingerprint density at radius 3 is 2.61 bits per heavy atom. The molecule has 0 unspecified atom stereocenters. The summed E-state index contributed by atoms with van der Waals surface area (Å²) in [5, 5.41) is 11.2. The molecular weight excluding hydrogens is 392 g/mol. The lowest BCUT2D eigenvalue weighted by atomic mass is 10.1. The van der Waals surface area contributed by atoms with Gasteiger partial charge in [0, 0.05) is 24.4 Å². The van der Waals surface area contributed by atoms with E-state index >= 15 is 0 Å². The summed E-state index contributed by atoms with van der Waals surface area (Å²) in [5.41, 5.74) is 4.01. The number of nitrogens with zero attached hydrogens (tertiary/aromatic N) is 2. The maximum atomic E-state index is 12.4. The molecule has 7 nitrogen and oxygen atoms in total. The zero-order chi connectivity index (χ0) is 21.8. The van der Waals surface area contributed by atoms with Gasteiger partial charge in [0.1, 0.15) is 11.5 Å². The Labute approximate surface area is 181 Å². The largest absolute Gasteiger partial charge is 0.497 e. The van der Waals surface area contributed by atoms with Crippen LogP contribution in [0.3, 0.4) is 0 Å². The van der Waals surface area contributed by atoms with E-state index in [9.17, 15) is 4.79 Å². The average molecular weight is 418 g/mol. The lowest BCUT2D eigenvalue weighted by molar-refractivity contribution is -0.116. The molecule has 2 aromatic carbocycles. The van der Waals surface area contributed by atoms with Crippen LogP contribution in [0.5, 0.6) is 11.5 Å². The van der Waals surface area contributed by atoms with E-state index in [1.807, 2.05) is 42.5 Å². The second-order valence-electron chi connectivity index (χ2n) is 7.23. The van der Waals surface area contributed by atoms with Crippen LogP contribution in [-0.4, -0.2) is 34.9 Å². The van der Waals surface area contributed by atoms with Gasteiger partial charge < -0.3 is 19.4 Å². The second kappa shape index (κ2) is 8.95. The molecule has 0 radical (unpaired) electrons. The van der Waals surface area contributed by atoms with E-state index in [1.165, 1.54) is 0 Å².